The largest absolute Gasteiger partial charge is 0.465 e. The molecule has 0 bridgehead atoms. The molecule has 0 amide bonds. The monoisotopic (exact) mass is 324 g/mol. The summed E-state index contributed by atoms with van der Waals surface area (Å²) in [6.07, 6.45) is 0.770. The minimum absolute atomic E-state index is 0.219. The molecule has 1 aromatic rings. The van der Waals surface area contributed by atoms with Crippen molar-refractivity contribution in [3.63, 3.8) is 0 Å². The van der Waals surface area contributed by atoms with Crippen LogP contribution in [0.4, 0.5) is 0 Å². The van der Waals surface area contributed by atoms with E-state index in [1.807, 2.05) is 12.1 Å². The van der Waals surface area contributed by atoms with Crippen molar-refractivity contribution in [1.82, 2.24) is 5.32 Å². The number of halogens is 1. The molecule has 1 atom stereocenters. The standard InChI is InChI=1S/C14H17BrN2O2/c1-10(15)14(18)19-8-4-7-16-13-12-6-3-2-5-11(12)9-17-13/h2-3,5-6,10H,4,7-9H2,1H3,(H,16,17). The van der Waals surface area contributed by atoms with Gasteiger partial charge in [-0.1, -0.05) is 40.2 Å². The SMILES string of the molecule is CC(Br)C(=O)OCCCNC1=NCc2ccccc21. The van der Waals surface area contributed by atoms with Crippen LogP contribution in [0.1, 0.15) is 24.5 Å². The molecule has 5 heteroatoms. The van der Waals surface area contributed by atoms with Crippen LogP contribution in [-0.4, -0.2) is 29.8 Å². The molecule has 0 fully saturated rings. The summed E-state index contributed by atoms with van der Waals surface area (Å²) in [6, 6.07) is 8.20. The predicted molar refractivity (Wildman–Crippen MR) is 78.7 cm³/mol. The topological polar surface area (TPSA) is 50.7 Å². The number of esters is 1. The van der Waals surface area contributed by atoms with Gasteiger partial charge in [0.05, 0.1) is 13.2 Å². The van der Waals surface area contributed by atoms with Crippen LogP contribution in [0.2, 0.25) is 0 Å². The number of ether oxygens (including phenoxy) is 1. The molecule has 0 radical (unpaired) electrons. The van der Waals surface area contributed by atoms with Gasteiger partial charge in [0.1, 0.15) is 10.7 Å². The lowest BCUT2D eigenvalue weighted by Gasteiger charge is -2.08. The number of fused-ring (bicyclic) bond motifs is 1. The number of rotatable bonds is 5. The third-order valence-electron chi connectivity index (χ3n) is 2.86. The Balaban J connectivity index is 1.69. The second kappa shape index (κ2) is 6.70. The molecule has 0 spiro atoms. The van der Waals surface area contributed by atoms with Crippen molar-refractivity contribution in [3.05, 3.63) is 35.4 Å². The summed E-state index contributed by atoms with van der Waals surface area (Å²) in [7, 11) is 0. The van der Waals surface area contributed by atoms with Gasteiger partial charge in [-0.25, -0.2) is 0 Å². The highest BCUT2D eigenvalue weighted by atomic mass is 79.9. The Morgan fingerprint density at radius 1 is 1.53 bits per heavy atom. The second-order valence-electron chi connectivity index (χ2n) is 4.39. The third kappa shape index (κ3) is 3.80. The van der Waals surface area contributed by atoms with Crippen molar-refractivity contribution >= 4 is 27.7 Å². The van der Waals surface area contributed by atoms with Gasteiger partial charge in [-0.05, 0) is 18.9 Å². The van der Waals surface area contributed by atoms with Crippen LogP contribution in [0, 0.1) is 0 Å². The van der Waals surface area contributed by atoms with Crippen LogP contribution in [-0.2, 0) is 16.1 Å². The van der Waals surface area contributed by atoms with Crippen molar-refractivity contribution < 1.29 is 9.53 Å². The van der Waals surface area contributed by atoms with Gasteiger partial charge in [-0.2, -0.15) is 0 Å². The smallest absolute Gasteiger partial charge is 0.319 e. The van der Waals surface area contributed by atoms with Gasteiger partial charge >= 0.3 is 5.97 Å². The number of amidine groups is 1. The van der Waals surface area contributed by atoms with E-state index in [2.05, 4.69) is 38.4 Å². The molecule has 0 saturated heterocycles. The fourth-order valence-electron chi connectivity index (χ4n) is 1.86. The van der Waals surface area contributed by atoms with Crippen LogP contribution in [0.25, 0.3) is 0 Å². The zero-order valence-corrected chi connectivity index (χ0v) is 12.4. The number of benzene rings is 1. The second-order valence-corrected chi connectivity index (χ2v) is 5.76. The van der Waals surface area contributed by atoms with Crippen LogP contribution in [0.3, 0.4) is 0 Å². The zero-order chi connectivity index (χ0) is 13.7. The highest BCUT2D eigenvalue weighted by Crippen LogP contribution is 2.16. The van der Waals surface area contributed by atoms with E-state index in [-0.39, 0.29) is 10.8 Å². The quantitative estimate of drug-likeness (QED) is 0.513. The van der Waals surface area contributed by atoms with E-state index in [0.717, 1.165) is 25.3 Å². The number of alkyl halides is 1. The number of aliphatic imine (C=N–C) groups is 1. The lowest BCUT2D eigenvalue weighted by atomic mass is 10.1. The summed E-state index contributed by atoms with van der Waals surface area (Å²) in [5, 5.41) is 3.29. The molecule has 1 heterocycles. The average Bonchev–Trinajstić information content (AvgIpc) is 2.81. The first-order valence-corrected chi connectivity index (χ1v) is 7.27. The van der Waals surface area contributed by atoms with E-state index in [1.54, 1.807) is 6.92 Å². The molecular formula is C14H17BrN2O2. The van der Waals surface area contributed by atoms with E-state index < -0.39 is 0 Å². The number of hydrogen-bond donors (Lipinski definition) is 1. The van der Waals surface area contributed by atoms with Gasteiger partial charge in [-0.15, -0.1) is 0 Å². The van der Waals surface area contributed by atoms with Crippen molar-refractivity contribution in [3.8, 4) is 0 Å². The zero-order valence-electron chi connectivity index (χ0n) is 10.9. The van der Waals surface area contributed by atoms with Crippen LogP contribution < -0.4 is 5.32 Å². The number of carbonyl (C=O) groups excluding carboxylic acids is 1. The van der Waals surface area contributed by atoms with E-state index in [4.69, 9.17) is 4.74 Å². The molecular weight excluding hydrogens is 308 g/mol. The molecule has 0 saturated carbocycles. The molecule has 102 valence electrons. The van der Waals surface area contributed by atoms with E-state index in [9.17, 15) is 4.79 Å². The Morgan fingerprint density at radius 2 is 2.32 bits per heavy atom. The van der Waals surface area contributed by atoms with Gasteiger partial charge in [-0.3, -0.25) is 9.79 Å². The Bertz CT molecular complexity index is 486. The summed E-state index contributed by atoms with van der Waals surface area (Å²) in [6.45, 7) is 3.67. The molecule has 1 N–H and O–H groups in total. The molecule has 1 aliphatic rings. The maximum Gasteiger partial charge on any atom is 0.319 e. The molecule has 0 aromatic heterocycles. The molecule has 0 aliphatic carbocycles. The minimum Gasteiger partial charge on any atom is -0.465 e. The first-order valence-electron chi connectivity index (χ1n) is 6.36. The van der Waals surface area contributed by atoms with Gasteiger partial charge in [0.2, 0.25) is 0 Å². The maximum atomic E-state index is 11.2. The Hall–Kier alpha value is -1.36. The number of nitrogens with one attached hydrogen (secondary N) is 1. The van der Waals surface area contributed by atoms with Crippen molar-refractivity contribution in [2.75, 3.05) is 13.2 Å². The Labute approximate surface area is 121 Å². The molecule has 2 rings (SSSR count). The highest BCUT2D eigenvalue weighted by molar-refractivity contribution is 9.10. The molecule has 4 nitrogen and oxygen atoms in total. The van der Waals surface area contributed by atoms with Crippen molar-refractivity contribution in [2.45, 2.75) is 24.7 Å². The number of carbonyl (C=O) groups is 1. The summed E-state index contributed by atoms with van der Waals surface area (Å²) in [5.74, 6) is 0.722. The average molecular weight is 325 g/mol. The lowest BCUT2D eigenvalue weighted by molar-refractivity contribution is -0.142. The summed E-state index contributed by atoms with van der Waals surface area (Å²) >= 11 is 3.17. The summed E-state index contributed by atoms with van der Waals surface area (Å²) in [5.41, 5.74) is 2.43. The van der Waals surface area contributed by atoms with E-state index >= 15 is 0 Å². The molecule has 1 unspecified atom stereocenters. The van der Waals surface area contributed by atoms with Crippen molar-refractivity contribution in [1.29, 1.82) is 0 Å². The minimum atomic E-state index is -0.244. The van der Waals surface area contributed by atoms with Gasteiger partial charge in [0.25, 0.3) is 0 Å². The van der Waals surface area contributed by atoms with E-state index in [0.29, 0.717) is 6.61 Å². The molecule has 1 aliphatic heterocycles. The molecule has 19 heavy (non-hydrogen) atoms. The van der Waals surface area contributed by atoms with Crippen LogP contribution in [0.15, 0.2) is 29.3 Å². The third-order valence-corrected chi connectivity index (χ3v) is 3.24. The fourth-order valence-corrected chi connectivity index (χ4v) is 1.99. The van der Waals surface area contributed by atoms with Gasteiger partial charge in [0, 0.05) is 12.1 Å². The van der Waals surface area contributed by atoms with Gasteiger partial charge in [0.15, 0.2) is 0 Å². The first kappa shape index (κ1) is 14.1. The summed E-state index contributed by atoms with van der Waals surface area (Å²) < 4.78 is 5.07. The summed E-state index contributed by atoms with van der Waals surface area (Å²) in [4.78, 5) is 15.4. The van der Waals surface area contributed by atoms with Gasteiger partial charge < -0.3 is 10.1 Å². The normalized spacial score (nSPS) is 14.5. The maximum absolute atomic E-state index is 11.2. The molecule has 1 aromatic carbocycles. The first-order chi connectivity index (χ1) is 9.18. The van der Waals surface area contributed by atoms with Crippen LogP contribution in [0.5, 0.6) is 0 Å². The Kier molecular flexibility index (Phi) is 4.96. The van der Waals surface area contributed by atoms with Crippen LogP contribution >= 0.6 is 15.9 Å². The van der Waals surface area contributed by atoms with Crippen molar-refractivity contribution in [2.24, 2.45) is 4.99 Å². The fraction of sp³-hybridized carbons (Fsp3) is 0.429. The number of nitrogens with zero attached hydrogens (tertiary/aromatic N) is 1. The van der Waals surface area contributed by atoms with E-state index in [1.165, 1.54) is 11.1 Å². The highest BCUT2D eigenvalue weighted by Gasteiger charge is 2.14. The number of hydrogen-bond acceptors (Lipinski definition) is 4. The Morgan fingerprint density at radius 3 is 3.11 bits per heavy atom. The predicted octanol–water partition coefficient (Wildman–Crippen LogP) is 2.25. The lowest BCUT2D eigenvalue weighted by Crippen LogP contribution is -2.25.